The molecule has 1 aliphatic rings. The largest absolute Gasteiger partial charge is 0.493 e. The summed E-state index contributed by atoms with van der Waals surface area (Å²) in [5.41, 5.74) is 5.76. The number of hydrogen-bond acceptors (Lipinski definition) is 3. The van der Waals surface area contributed by atoms with E-state index in [1.165, 1.54) is 0 Å². The molecule has 0 aliphatic carbocycles. The maximum Gasteiger partial charge on any atom is 0.226 e. The summed E-state index contributed by atoms with van der Waals surface area (Å²) in [6.45, 7) is 1.79. The molecule has 4 nitrogen and oxygen atoms in total. The van der Waals surface area contributed by atoms with Crippen LogP contribution < -0.4 is 10.5 Å². The molecule has 0 aromatic heterocycles. The van der Waals surface area contributed by atoms with Crippen LogP contribution in [0.2, 0.25) is 5.02 Å². The Balaban J connectivity index is 1.73. The summed E-state index contributed by atoms with van der Waals surface area (Å²) in [6, 6.07) is 7.28. The lowest BCUT2D eigenvalue weighted by Crippen LogP contribution is -2.32. The monoisotopic (exact) mass is 268 g/mol. The molecule has 98 valence electrons. The minimum absolute atomic E-state index is 0.102. The van der Waals surface area contributed by atoms with Crippen LogP contribution in [-0.2, 0) is 4.79 Å². The van der Waals surface area contributed by atoms with Gasteiger partial charge in [0.15, 0.2) is 0 Å². The number of benzene rings is 1. The van der Waals surface area contributed by atoms with Gasteiger partial charge in [-0.15, -0.1) is 0 Å². The highest BCUT2D eigenvalue weighted by atomic mass is 35.5. The molecule has 1 aliphatic heterocycles. The third-order valence-electron chi connectivity index (χ3n) is 2.96. The molecule has 0 saturated carbocycles. The van der Waals surface area contributed by atoms with Crippen LogP contribution in [0.4, 0.5) is 0 Å². The lowest BCUT2D eigenvalue weighted by molar-refractivity contribution is -0.130. The van der Waals surface area contributed by atoms with Crippen molar-refractivity contribution < 1.29 is 9.53 Å². The molecule has 1 unspecified atom stereocenters. The molecule has 1 aromatic carbocycles. The smallest absolute Gasteiger partial charge is 0.226 e. The first-order valence-corrected chi connectivity index (χ1v) is 6.44. The van der Waals surface area contributed by atoms with Crippen molar-refractivity contribution in [3.05, 3.63) is 29.3 Å². The summed E-state index contributed by atoms with van der Waals surface area (Å²) in [5.74, 6) is 0.790. The Morgan fingerprint density at radius 1 is 1.56 bits per heavy atom. The third kappa shape index (κ3) is 3.62. The van der Waals surface area contributed by atoms with E-state index < -0.39 is 0 Å². The molecule has 18 heavy (non-hydrogen) atoms. The van der Waals surface area contributed by atoms with E-state index in [9.17, 15) is 4.79 Å². The zero-order chi connectivity index (χ0) is 13.0. The van der Waals surface area contributed by atoms with Crippen LogP contribution in [-0.4, -0.2) is 36.5 Å². The van der Waals surface area contributed by atoms with E-state index in [-0.39, 0.29) is 11.9 Å². The maximum absolute atomic E-state index is 11.8. The number of likely N-dealkylation sites (tertiary alicyclic amines) is 1. The van der Waals surface area contributed by atoms with E-state index in [1.807, 2.05) is 12.1 Å². The number of carbonyl (C=O) groups excluding carboxylic acids is 1. The Bertz CT molecular complexity index is 425. The number of nitrogens with zero attached hydrogens (tertiary/aromatic N) is 1. The Labute approximate surface area is 112 Å². The van der Waals surface area contributed by atoms with Crippen LogP contribution >= 0.6 is 11.6 Å². The summed E-state index contributed by atoms with van der Waals surface area (Å²) < 4.78 is 5.48. The van der Waals surface area contributed by atoms with E-state index in [4.69, 9.17) is 22.1 Å². The molecule has 0 bridgehead atoms. The van der Waals surface area contributed by atoms with Gasteiger partial charge in [-0.05, 0) is 24.6 Å². The first-order valence-electron chi connectivity index (χ1n) is 6.07. The van der Waals surface area contributed by atoms with Crippen molar-refractivity contribution in [1.82, 2.24) is 4.90 Å². The molecule has 1 amide bonds. The van der Waals surface area contributed by atoms with Crippen molar-refractivity contribution in [2.45, 2.75) is 18.9 Å². The van der Waals surface area contributed by atoms with Crippen LogP contribution in [0.3, 0.4) is 0 Å². The molecule has 5 heteroatoms. The van der Waals surface area contributed by atoms with E-state index in [2.05, 4.69) is 0 Å². The average Bonchev–Trinajstić information content (AvgIpc) is 2.76. The first kappa shape index (κ1) is 13.2. The minimum Gasteiger partial charge on any atom is -0.493 e. The zero-order valence-corrected chi connectivity index (χ0v) is 10.9. The van der Waals surface area contributed by atoms with Gasteiger partial charge in [-0.25, -0.2) is 0 Å². The van der Waals surface area contributed by atoms with Gasteiger partial charge in [0.2, 0.25) is 5.91 Å². The summed E-state index contributed by atoms with van der Waals surface area (Å²) >= 11 is 5.84. The van der Waals surface area contributed by atoms with Crippen molar-refractivity contribution in [2.24, 2.45) is 5.73 Å². The van der Waals surface area contributed by atoms with Gasteiger partial charge in [0.05, 0.1) is 13.0 Å². The van der Waals surface area contributed by atoms with Crippen molar-refractivity contribution >= 4 is 17.5 Å². The Morgan fingerprint density at radius 2 is 2.39 bits per heavy atom. The van der Waals surface area contributed by atoms with Crippen molar-refractivity contribution in [2.75, 3.05) is 19.7 Å². The van der Waals surface area contributed by atoms with Crippen molar-refractivity contribution in [3.8, 4) is 5.75 Å². The van der Waals surface area contributed by atoms with Crippen LogP contribution in [0.5, 0.6) is 5.75 Å². The fraction of sp³-hybridized carbons (Fsp3) is 0.462. The normalized spacial score (nSPS) is 19.0. The van der Waals surface area contributed by atoms with Crippen LogP contribution in [0.1, 0.15) is 12.8 Å². The molecule has 1 atom stereocenters. The second kappa shape index (κ2) is 6.07. The number of halogens is 1. The average molecular weight is 269 g/mol. The third-order valence-corrected chi connectivity index (χ3v) is 3.19. The predicted octanol–water partition coefficient (Wildman–Crippen LogP) is 1.67. The number of amides is 1. The van der Waals surface area contributed by atoms with Gasteiger partial charge in [-0.3, -0.25) is 4.79 Å². The first-order chi connectivity index (χ1) is 8.65. The molecule has 1 fully saturated rings. The van der Waals surface area contributed by atoms with E-state index in [0.717, 1.165) is 13.0 Å². The van der Waals surface area contributed by atoms with E-state index >= 15 is 0 Å². The number of carbonyl (C=O) groups is 1. The number of rotatable bonds is 4. The molecule has 0 spiro atoms. The lowest BCUT2D eigenvalue weighted by atomic mass is 10.3. The van der Waals surface area contributed by atoms with Gasteiger partial charge in [0.1, 0.15) is 5.75 Å². The summed E-state index contributed by atoms with van der Waals surface area (Å²) in [4.78, 5) is 13.6. The van der Waals surface area contributed by atoms with Gasteiger partial charge in [0, 0.05) is 24.2 Å². The van der Waals surface area contributed by atoms with Crippen molar-refractivity contribution in [3.63, 3.8) is 0 Å². The quantitative estimate of drug-likeness (QED) is 0.904. The summed E-state index contributed by atoms with van der Waals surface area (Å²) in [7, 11) is 0. The number of hydrogen-bond donors (Lipinski definition) is 1. The second-order valence-electron chi connectivity index (χ2n) is 4.44. The Kier molecular flexibility index (Phi) is 4.44. The van der Waals surface area contributed by atoms with E-state index in [0.29, 0.717) is 30.3 Å². The van der Waals surface area contributed by atoms with E-state index in [1.54, 1.807) is 17.0 Å². The summed E-state index contributed by atoms with van der Waals surface area (Å²) in [6.07, 6.45) is 1.26. The molecule has 1 heterocycles. The lowest BCUT2D eigenvalue weighted by Gasteiger charge is -2.15. The van der Waals surface area contributed by atoms with Crippen LogP contribution in [0.25, 0.3) is 0 Å². The highest BCUT2D eigenvalue weighted by molar-refractivity contribution is 6.30. The standard InChI is InChI=1S/C13H17ClN2O2/c14-10-2-1-3-12(8-10)18-7-5-13(17)16-6-4-11(15)9-16/h1-3,8,11H,4-7,9,15H2. The van der Waals surface area contributed by atoms with Crippen LogP contribution in [0.15, 0.2) is 24.3 Å². The molecular weight excluding hydrogens is 252 g/mol. The number of nitrogens with two attached hydrogens (primary N) is 1. The molecule has 0 radical (unpaired) electrons. The fourth-order valence-corrected chi connectivity index (χ4v) is 2.17. The zero-order valence-electron chi connectivity index (χ0n) is 10.1. The van der Waals surface area contributed by atoms with Gasteiger partial charge < -0.3 is 15.4 Å². The molecule has 2 N–H and O–H groups in total. The van der Waals surface area contributed by atoms with Crippen molar-refractivity contribution in [1.29, 1.82) is 0 Å². The molecule has 1 saturated heterocycles. The summed E-state index contributed by atoms with van der Waals surface area (Å²) in [5, 5.41) is 0.629. The topological polar surface area (TPSA) is 55.6 Å². The van der Waals surface area contributed by atoms with Gasteiger partial charge in [0.25, 0.3) is 0 Å². The minimum atomic E-state index is 0.102. The highest BCUT2D eigenvalue weighted by Crippen LogP contribution is 2.17. The highest BCUT2D eigenvalue weighted by Gasteiger charge is 2.22. The molecular formula is C13H17ClN2O2. The maximum atomic E-state index is 11.8. The number of ether oxygens (including phenoxy) is 1. The SMILES string of the molecule is NC1CCN(C(=O)CCOc2cccc(Cl)c2)C1. The second-order valence-corrected chi connectivity index (χ2v) is 4.88. The van der Waals surface area contributed by atoms with Gasteiger partial charge in [-0.1, -0.05) is 17.7 Å². The molecule has 1 aromatic rings. The fourth-order valence-electron chi connectivity index (χ4n) is 1.98. The Hall–Kier alpha value is -1.26. The van der Waals surface area contributed by atoms with Gasteiger partial charge >= 0.3 is 0 Å². The Morgan fingerprint density at radius 3 is 3.06 bits per heavy atom. The van der Waals surface area contributed by atoms with Crippen LogP contribution in [0, 0.1) is 0 Å². The molecule has 2 rings (SSSR count). The predicted molar refractivity (Wildman–Crippen MR) is 70.7 cm³/mol. The van der Waals surface area contributed by atoms with Gasteiger partial charge in [-0.2, -0.15) is 0 Å².